The maximum Gasteiger partial charge on any atom is 0.0686 e. The van der Waals surface area contributed by atoms with E-state index in [2.05, 4.69) is 42.8 Å². The normalized spacial score (nSPS) is 19.2. The predicted molar refractivity (Wildman–Crippen MR) is 86.3 cm³/mol. The van der Waals surface area contributed by atoms with E-state index in [1.807, 2.05) is 11.8 Å². The maximum absolute atomic E-state index is 10.1. The number of aliphatic hydroxyl groups is 1. The lowest BCUT2D eigenvalue weighted by atomic mass is 9.96. The van der Waals surface area contributed by atoms with Crippen LogP contribution >= 0.6 is 11.8 Å². The summed E-state index contributed by atoms with van der Waals surface area (Å²) in [6.45, 7) is 6.55. The summed E-state index contributed by atoms with van der Waals surface area (Å²) in [4.78, 5) is 0. The largest absolute Gasteiger partial charge is 0.392 e. The lowest BCUT2D eigenvalue weighted by Crippen LogP contribution is -2.19. The monoisotopic (exact) mass is 296 g/mol. The van der Waals surface area contributed by atoms with Gasteiger partial charge in [-0.3, -0.25) is 4.68 Å². The number of hydrogen-bond donors (Lipinski definition) is 1. The molecule has 4 heteroatoms. The van der Waals surface area contributed by atoms with Gasteiger partial charge in [0.2, 0.25) is 0 Å². The van der Waals surface area contributed by atoms with Gasteiger partial charge in [0, 0.05) is 23.1 Å². The van der Waals surface area contributed by atoms with Crippen LogP contribution in [-0.2, 0) is 6.42 Å². The number of thioether (sulfide) groups is 1. The Bertz CT molecular complexity index is 405. The molecule has 0 bridgehead atoms. The molecular formula is C16H28N2OS. The summed E-state index contributed by atoms with van der Waals surface area (Å²) in [5.74, 6) is 0.778. The molecule has 1 saturated carbocycles. The zero-order chi connectivity index (χ0) is 14.6. The van der Waals surface area contributed by atoms with Crippen LogP contribution in [-0.4, -0.2) is 31.5 Å². The van der Waals surface area contributed by atoms with E-state index in [-0.39, 0.29) is 10.9 Å². The highest BCUT2D eigenvalue weighted by Gasteiger charge is 2.18. The Balaban J connectivity index is 1.82. The first-order chi connectivity index (χ1) is 9.44. The van der Waals surface area contributed by atoms with Crippen molar-refractivity contribution in [3.63, 3.8) is 0 Å². The van der Waals surface area contributed by atoms with Crippen LogP contribution in [0.15, 0.2) is 12.3 Å². The minimum atomic E-state index is -0.297. The molecule has 1 aromatic heterocycles. The molecule has 3 nitrogen and oxygen atoms in total. The van der Waals surface area contributed by atoms with Gasteiger partial charge in [-0.05, 0) is 18.9 Å². The summed E-state index contributed by atoms with van der Waals surface area (Å²) in [5, 5.41) is 14.8. The Hall–Kier alpha value is -0.480. The first-order valence-electron chi connectivity index (χ1n) is 7.80. The summed E-state index contributed by atoms with van der Waals surface area (Å²) in [6, 6.07) is 2.65. The molecule has 0 amide bonds. The Morgan fingerprint density at radius 3 is 2.70 bits per heavy atom. The SMILES string of the molecule is CC(C)(C)SCC(O)Cc1ccn(C2CCCCC2)n1. The van der Waals surface area contributed by atoms with Crippen LogP contribution < -0.4 is 0 Å². The molecule has 20 heavy (non-hydrogen) atoms. The lowest BCUT2D eigenvalue weighted by Gasteiger charge is -2.22. The van der Waals surface area contributed by atoms with Gasteiger partial charge in [0.1, 0.15) is 0 Å². The minimum absolute atomic E-state index is 0.211. The lowest BCUT2D eigenvalue weighted by molar-refractivity contribution is 0.198. The molecule has 1 N–H and O–H groups in total. The second kappa shape index (κ2) is 6.99. The smallest absolute Gasteiger partial charge is 0.0686 e. The molecule has 1 aliphatic rings. The summed E-state index contributed by atoms with van der Waals surface area (Å²) in [6.07, 6.45) is 8.99. The Morgan fingerprint density at radius 2 is 2.05 bits per heavy atom. The van der Waals surface area contributed by atoms with Crippen molar-refractivity contribution in [2.45, 2.75) is 76.2 Å². The molecule has 1 fully saturated rings. The van der Waals surface area contributed by atoms with E-state index in [0.29, 0.717) is 12.5 Å². The van der Waals surface area contributed by atoms with Crippen LogP contribution in [0.25, 0.3) is 0 Å². The van der Waals surface area contributed by atoms with Gasteiger partial charge < -0.3 is 5.11 Å². The standard InChI is InChI=1S/C16H28N2OS/c1-16(2,3)20-12-15(19)11-13-9-10-18(17-13)14-7-5-4-6-8-14/h9-10,14-15,19H,4-8,11-12H2,1-3H3. The Kier molecular flexibility index (Phi) is 5.56. The topological polar surface area (TPSA) is 38.0 Å². The molecular weight excluding hydrogens is 268 g/mol. The maximum atomic E-state index is 10.1. The van der Waals surface area contributed by atoms with Gasteiger partial charge in [-0.1, -0.05) is 40.0 Å². The van der Waals surface area contributed by atoms with Crippen molar-refractivity contribution in [3.8, 4) is 0 Å². The van der Waals surface area contributed by atoms with Gasteiger partial charge in [-0.25, -0.2) is 0 Å². The second-order valence-corrected chi connectivity index (χ2v) is 8.71. The van der Waals surface area contributed by atoms with Gasteiger partial charge in [0.25, 0.3) is 0 Å². The van der Waals surface area contributed by atoms with Gasteiger partial charge in [0.05, 0.1) is 17.8 Å². The van der Waals surface area contributed by atoms with E-state index in [0.717, 1.165) is 11.4 Å². The number of hydrogen-bond acceptors (Lipinski definition) is 3. The highest BCUT2D eigenvalue weighted by atomic mass is 32.2. The van der Waals surface area contributed by atoms with Crippen molar-refractivity contribution in [2.24, 2.45) is 0 Å². The summed E-state index contributed by atoms with van der Waals surface area (Å²) < 4.78 is 2.33. The van der Waals surface area contributed by atoms with E-state index >= 15 is 0 Å². The van der Waals surface area contributed by atoms with Crippen molar-refractivity contribution in [3.05, 3.63) is 18.0 Å². The Labute approximate surface area is 127 Å². The molecule has 1 unspecified atom stereocenters. The van der Waals surface area contributed by atoms with E-state index in [1.165, 1.54) is 32.1 Å². The first-order valence-corrected chi connectivity index (χ1v) is 8.79. The van der Waals surface area contributed by atoms with Crippen molar-refractivity contribution < 1.29 is 5.11 Å². The number of rotatable bonds is 5. The molecule has 0 aliphatic heterocycles. The Morgan fingerprint density at radius 1 is 1.35 bits per heavy atom. The van der Waals surface area contributed by atoms with E-state index < -0.39 is 0 Å². The highest BCUT2D eigenvalue weighted by molar-refractivity contribution is 8.00. The van der Waals surface area contributed by atoms with E-state index in [9.17, 15) is 5.11 Å². The molecule has 1 aliphatic carbocycles. The minimum Gasteiger partial charge on any atom is -0.392 e. The molecule has 0 spiro atoms. The quantitative estimate of drug-likeness (QED) is 0.897. The molecule has 1 atom stereocenters. The van der Waals surface area contributed by atoms with Crippen molar-refractivity contribution in [1.82, 2.24) is 9.78 Å². The fraction of sp³-hybridized carbons (Fsp3) is 0.812. The molecule has 0 radical (unpaired) electrons. The summed E-state index contributed by atoms with van der Waals surface area (Å²) >= 11 is 1.81. The number of aliphatic hydroxyl groups excluding tert-OH is 1. The van der Waals surface area contributed by atoms with Crippen molar-refractivity contribution in [1.29, 1.82) is 0 Å². The average molecular weight is 296 g/mol. The fourth-order valence-corrected chi connectivity index (χ4v) is 3.49. The van der Waals surface area contributed by atoms with Crippen LogP contribution in [0, 0.1) is 0 Å². The van der Waals surface area contributed by atoms with Crippen LogP contribution in [0.2, 0.25) is 0 Å². The number of aromatic nitrogens is 2. The zero-order valence-electron chi connectivity index (χ0n) is 13.0. The summed E-state index contributed by atoms with van der Waals surface area (Å²) in [5.41, 5.74) is 1.03. The zero-order valence-corrected chi connectivity index (χ0v) is 13.8. The fourth-order valence-electron chi connectivity index (χ4n) is 2.68. The average Bonchev–Trinajstić information content (AvgIpc) is 2.85. The molecule has 0 saturated heterocycles. The first kappa shape index (κ1) is 15.9. The molecule has 0 aromatic carbocycles. The molecule has 1 heterocycles. The van der Waals surface area contributed by atoms with Gasteiger partial charge >= 0.3 is 0 Å². The second-order valence-electron chi connectivity index (χ2n) is 6.86. The van der Waals surface area contributed by atoms with Gasteiger partial charge in [0.15, 0.2) is 0 Å². The molecule has 2 rings (SSSR count). The van der Waals surface area contributed by atoms with E-state index in [1.54, 1.807) is 0 Å². The predicted octanol–water partition coefficient (Wildman–Crippen LogP) is 3.82. The van der Waals surface area contributed by atoms with Crippen molar-refractivity contribution in [2.75, 3.05) is 5.75 Å². The third-order valence-corrected chi connectivity index (χ3v) is 5.18. The van der Waals surface area contributed by atoms with E-state index in [4.69, 9.17) is 0 Å². The third kappa shape index (κ3) is 5.13. The molecule has 1 aromatic rings. The molecule has 114 valence electrons. The number of nitrogens with zero attached hydrogens (tertiary/aromatic N) is 2. The third-order valence-electron chi connectivity index (χ3n) is 3.77. The van der Waals surface area contributed by atoms with Crippen LogP contribution in [0.1, 0.15) is 64.6 Å². The summed E-state index contributed by atoms with van der Waals surface area (Å²) in [7, 11) is 0. The van der Waals surface area contributed by atoms with Gasteiger partial charge in [-0.15, -0.1) is 0 Å². The van der Waals surface area contributed by atoms with Crippen molar-refractivity contribution >= 4 is 11.8 Å². The van der Waals surface area contributed by atoms with Gasteiger partial charge in [-0.2, -0.15) is 16.9 Å². The van der Waals surface area contributed by atoms with Crippen LogP contribution in [0.5, 0.6) is 0 Å². The van der Waals surface area contributed by atoms with Crippen LogP contribution in [0.4, 0.5) is 0 Å². The van der Waals surface area contributed by atoms with Crippen LogP contribution in [0.3, 0.4) is 0 Å². The highest BCUT2D eigenvalue weighted by Crippen LogP contribution is 2.28.